The molecule has 0 radical (unpaired) electrons. The molecule has 3 rings (SSSR count). The van der Waals surface area contributed by atoms with Gasteiger partial charge in [0.2, 0.25) is 0 Å². The summed E-state index contributed by atoms with van der Waals surface area (Å²) in [6.45, 7) is 3.63. The topological polar surface area (TPSA) is 38.1 Å². The van der Waals surface area contributed by atoms with Gasteiger partial charge in [0.1, 0.15) is 0 Å². The molecule has 1 aliphatic heterocycles. The van der Waals surface area contributed by atoms with Crippen LogP contribution < -0.4 is 0 Å². The van der Waals surface area contributed by atoms with Crippen LogP contribution in [-0.2, 0) is 12.8 Å². The highest BCUT2D eigenvalue weighted by atomic mass is 19.4. The average molecular weight is 351 g/mol. The van der Waals surface area contributed by atoms with E-state index in [0.29, 0.717) is 32.6 Å². The second-order valence-electron chi connectivity index (χ2n) is 6.50. The summed E-state index contributed by atoms with van der Waals surface area (Å²) in [6.07, 6.45) is -1.66. The van der Waals surface area contributed by atoms with Crippen LogP contribution in [0.4, 0.5) is 13.2 Å². The molecule has 7 heteroatoms. The lowest BCUT2D eigenvalue weighted by Gasteiger charge is -2.31. The highest BCUT2D eigenvalue weighted by Crippen LogP contribution is 2.27. The van der Waals surface area contributed by atoms with E-state index in [0.717, 1.165) is 17.2 Å². The second-order valence-corrected chi connectivity index (χ2v) is 6.50. The Labute approximate surface area is 144 Å². The minimum absolute atomic E-state index is 0.0256. The number of aryl methyl sites for hydroxylation is 1. The SMILES string of the molecule is Cc1ccc(C(=O)C2CCN(Cn3ccc(C(F)(F)F)n3)CC2)cc1. The van der Waals surface area contributed by atoms with Crippen LogP contribution in [0.3, 0.4) is 0 Å². The molecule has 1 fully saturated rings. The number of carbonyl (C=O) groups excluding carboxylic acids is 1. The van der Waals surface area contributed by atoms with Gasteiger partial charge in [0.05, 0.1) is 6.67 Å². The first-order chi connectivity index (χ1) is 11.8. The fourth-order valence-corrected chi connectivity index (χ4v) is 3.09. The van der Waals surface area contributed by atoms with Gasteiger partial charge in [-0.05, 0) is 25.8 Å². The highest BCUT2D eigenvalue weighted by molar-refractivity contribution is 5.97. The number of hydrogen-bond acceptors (Lipinski definition) is 3. The number of Topliss-reactive ketones (excluding diaryl/α,β-unsaturated/α-hetero) is 1. The number of nitrogens with zero attached hydrogens (tertiary/aromatic N) is 3. The molecule has 1 aliphatic rings. The van der Waals surface area contributed by atoms with Crippen LogP contribution in [0.15, 0.2) is 36.5 Å². The van der Waals surface area contributed by atoms with Crippen LogP contribution in [0.2, 0.25) is 0 Å². The zero-order valence-corrected chi connectivity index (χ0v) is 14.0. The van der Waals surface area contributed by atoms with Gasteiger partial charge in [-0.3, -0.25) is 14.4 Å². The Morgan fingerprint density at radius 2 is 1.80 bits per heavy atom. The maximum Gasteiger partial charge on any atom is 0.435 e. The van der Waals surface area contributed by atoms with Crippen LogP contribution in [0.1, 0.15) is 34.5 Å². The van der Waals surface area contributed by atoms with E-state index in [4.69, 9.17) is 0 Å². The van der Waals surface area contributed by atoms with E-state index < -0.39 is 11.9 Å². The number of carbonyl (C=O) groups is 1. The van der Waals surface area contributed by atoms with E-state index in [9.17, 15) is 18.0 Å². The van der Waals surface area contributed by atoms with Gasteiger partial charge >= 0.3 is 6.18 Å². The summed E-state index contributed by atoms with van der Waals surface area (Å²) < 4.78 is 39.0. The second kappa shape index (κ2) is 7.00. The van der Waals surface area contributed by atoms with Gasteiger partial charge in [0, 0.05) is 30.8 Å². The van der Waals surface area contributed by atoms with E-state index in [1.807, 2.05) is 36.1 Å². The molecule has 0 saturated carbocycles. The summed E-state index contributed by atoms with van der Waals surface area (Å²) in [6, 6.07) is 8.54. The van der Waals surface area contributed by atoms with Gasteiger partial charge in [-0.15, -0.1) is 0 Å². The Morgan fingerprint density at radius 1 is 1.16 bits per heavy atom. The van der Waals surface area contributed by atoms with Gasteiger partial charge in [-0.25, -0.2) is 0 Å². The van der Waals surface area contributed by atoms with E-state index in [1.54, 1.807) is 0 Å². The van der Waals surface area contributed by atoms with Crippen molar-refractivity contribution in [1.82, 2.24) is 14.7 Å². The third-order valence-corrected chi connectivity index (χ3v) is 4.57. The molecule has 2 heterocycles. The number of likely N-dealkylation sites (tertiary alicyclic amines) is 1. The molecule has 2 aromatic rings. The predicted molar refractivity (Wildman–Crippen MR) is 87.0 cm³/mol. The third kappa shape index (κ3) is 4.28. The monoisotopic (exact) mass is 351 g/mol. The first kappa shape index (κ1) is 17.7. The summed E-state index contributed by atoms with van der Waals surface area (Å²) in [5.41, 5.74) is 0.965. The summed E-state index contributed by atoms with van der Waals surface area (Å²) in [4.78, 5) is 14.5. The predicted octanol–water partition coefficient (Wildman–Crippen LogP) is 3.76. The zero-order chi connectivity index (χ0) is 18.0. The lowest BCUT2D eigenvalue weighted by atomic mass is 9.89. The molecule has 25 heavy (non-hydrogen) atoms. The van der Waals surface area contributed by atoms with Crippen LogP contribution >= 0.6 is 0 Å². The quantitative estimate of drug-likeness (QED) is 0.787. The molecule has 134 valence electrons. The third-order valence-electron chi connectivity index (χ3n) is 4.57. The standard InChI is InChI=1S/C18H20F3N3O/c1-13-2-4-14(5-3-13)17(25)15-6-9-23(10-7-15)12-24-11-8-16(22-24)18(19,20)21/h2-5,8,11,15H,6-7,9-10,12H2,1H3. The molecule has 0 spiro atoms. The molecular formula is C18H20F3N3O. The number of ketones is 1. The lowest BCUT2D eigenvalue weighted by Crippen LogP contribution is -2.37. The Hall–Kier alpha value is -2.15. The number of benzene rings is 1. The molecule has 0 amide bonds. The molecular weight excluding hydrogens is 331 g/mol. The first-order valence-corrected chi connectivity index (χ1v) is 8.27. The fraction of sp³-hybridized carbons (Fsp3) is 0.444. The van der Waals surface area contributed by atoms with Crippen molar-refractivity contribution >= 4 is 5.78 Å². The Kier molecular flexibility index (Phi) is 4.94. The highest BCUT2D eigenvalue weighted by Gasteiger charge is 2.33. The van der Waals surface area contributed by atoms with Gasteiger partial charge in [-0.1, -0.05) is 29.8 Å². The van der Waals surface area contributed by atoms with E-state index in [1.165, 1.54) is 10.9 Å². The van der Waals surface area contributed by atoms with Crippen molar-refractivity contribution in [2.24, 2.45) is 5.92 Å². The lowest BCUT2D eigenvalue weighted by molar-refractivity contribution is -0.141. The van der Waals surface area contributed by atoms with Crippen molar-refractivity contribution in [3.63, 3.8) is 0 Å². The average Bonchev–Trinajstić information content (AvgIpc) is 3.04. The first-order valence-electron chi connectivity index (χ1n) is 8.27. The maximum absolute atomic E-state index is 12.6. The van der Waals surface area contributed by atoms with E-state index in [2.05, 4.69) is 5.10 Å². The molecule has 0 aliphatic carbocycles. The van der Waals surface area contributed by atoms with Crippen molar-refractivity contribution in [1.29, 1.82) is 0 Å². The number of halogens is 3. The minimum atomic E-state index is -4.42. The van der Waals surface area contributed by atoms with Gasteiger partial charge in [0.15, 0.2) is 11.5 Å². The van der Waals surface area contributed by atoms with E-state index in [-0.39, 0.29) is 11.7 Å². The van der Waals surface area contributed by atoms with Crippen molar-refractivity contribution in [2.75, 3.05) is 13.1 Å². The fourth-order valence-electron chi connectivity index (χ4n) is 3.09. The van der Waals surface area contributed by atoms with E-state index >= 15 is 0 Å². The van der Waals surface area contributed by atoms with Crippen LogP contribution in [0.5, 0.6) is 0 Å². The Bertz CT molecular complexity index is 729. The summed E-state index contributed by atoms with van der Waals surface area (Å²) in [5, 5.41) is 3.57. The van der Waals surface area contributed by atoms with Gasteiger partial charge < -0.3 is 0 Å². The van der Waals surface area contributed by atoms with Gasteiger partial charge in [0.25, 0.3) is 0 Å². The van der Waals surface area contributed by atoms with Crippen molar-refractivity contribution in [2.45, 2.75) is 32.6 Å². The number of piperidine rings is 1. The van der Waals surface area contributed by atoms with Crippen molar-refractivity contribution < 1.29 is 18.0 Å². The number of aromatic nitrogens is 2. The molecule has 1 aromatic carbocycles. The largest absolute Gasteiger partial charge is 0.435 e. The van der Waals surface area contributed by atoms with Crippen molar-refractivity contribution in [3.8, 4) is 0 Å². The molecule has 4 nitrogen and oxygen atoms in total. The minimum Gasteiger partial charge on any atom is -0.294 e. The summed E-state index contributed by atoms with van der Waals surface area (Å²) in [7, 11) is 0. The number of alkyl halides is 3. The van der Waals surface area contributed by atoms with Crippen LogP contribution in [-0.4, -0.2) is 33.6 Å². The maximum atomic E-state index is 12.6. The summed E-state index contributed by atoms with van der Waals surface area (Å²) >= 11 is 0. The molecule has 0 N–H and O–H groups in total. The normalized spacial score (nSPS) is 17.0. The molecule has 0 atom stereocenters. The molecule has 1 aromatic heterocycles. The number of rotatable bonds is 4. The Morgan fingerprint density at radius 3 is 2.36 bits per heavy atom. The molecule has 0 unspecified atom stereocenters. The Balaban J connectivity index is 1.54. The van der Waals surface area contributed by atoms with Gasteiger partial charge in [-0.2, -0.15) is 18.3 Å². The summed E-state index contributed by atoms with van der Waals surface area (Å²) in [5.74, 6) is 0.125. The smallest absolute Gasteiger partial charge is 0.294 e. The van der Waals surface area contributed by atoms with Crippen LogP contribution in [0, 0.1) is 12.8 Å². The zero-order valence-electron chi connectivity index (χ0n) is 14.0. The molecule has 1 saturated heterocycles. The van der Waals surface area contributed by atoms with Crippen molar-refractivity contribution in [3.05, 3.63) is 53.3 Å². The number of hydrogen-bond donors (Lipinski definition) is 0. The molecule has 0 bridgehead atoms. The van der Waals surface area contributed by atoms with Crippen LogP contribution in [0.25, 0.3) is 0 Å².